The summed E-state index contributed by atoms with van der Waals surface area (Å²) in [5.41, 5.74) is 1.00. The van der Waals surface area contributed by atoms with Gasteiger partial charge in [-0.15, -0.1) is 0 Å². The van der Waals surface area contributed by atoms with E-state index < -0.39 is 24.5 Å². The molecule has 126 valence electrons. The second-order valence-corrected chi connectivity index (χ2v) is 6.12. The average Bonchev–Trinajstić information content (AvgIpc) is 3.05. The van der Waals surface area contributed by atoms with E-state index in [2.05, 4.69) is 4.57 Å². The van der Waals surface area contributed by atoms with Gasteiger partial charge >= 0.3 is 6.18 Å². The number of rotatable bonds is 2. The van der Waals surface area contributed by atoms with Crippen LogP contribution in [0.25, 0.3) is 0 Å². The number of alkyl halides is 3. The number of carbonyl (C=O) groups is 2. The summed E-state index contributed by atoms with van der Waals surface area (Å²) in [6, 6.07) is 3.70. The standard InChI is InChI=1S/C15H18F3N3O2/c1-10-12-3-2-4-19(12)5-6-21(10)14(23)11-7-13(22)20(8-11)9-15(16,17)18/h2-4,10-11H,5-9H2,1H3. The third-order valence-electron chi connectivity index (χ3n) is 4.56. The van der Waals surface area contributed by atoms with Crippen LogP contribution in [0.2, 0.25) is 0 Å². The lowest BCUT2D eigenvalue weighted by Gasteiger charge is -2.36. The quantitative estimate of drug-likeness (QED) is 0.831. The molecule has 0 aliphatic carbocycles. The Balaban J connectivity index is 1.69. The summed E-state index contributed by atoms with van der Waals surface area (Å²) in [6.45, 7) is 1.62. The molecule has 2 aliphatic rings. The lowest BCUT2D eigenvalue weighted by molar-refractivity contribution is -0.157. The van der Waals surface area contributed by atoms with E-state index in [1.54, 1.807) is 4.90 Å². The van der Waals surface area contributed by atoms with Crippen molar-refractivity contribution in [3.05, 3.63) is 24.0 Å². The first-order chi connectivity index (χ1) is 10.8. The van der Waals surface area contributed by atoms with Gasteiger partial charge in [0.2, 0.25) is 11.8 Å². The van der Waals surface area contributed by atoms with Gasteiger partial charge in [0.05, 0.1) is 12.0 Å². The highest BCUT2D eigenvalue weighted by molar-refractivity contribution is 5.89. The minimum Gasteiger partial charge on any atom is -0.348 e. The zero-order valence-electron chi connectivity index (χ0n) is 12.7. The van der Waals surface area contributed by atoms with Gasteiger partial charge in [-0.25, -0.2) is 0 Å². The molecule has 3 heterocycles. The van der Waals surface area contributed by atoms with E-state index in [0.29, 0.717) is 13.1 Å². The molecule has 2 aliphatic heterocycles. The second-order valence-electron chi connectivity index (χ2n) is 6.12. The number of halogens is 3. The van der Waals surface area contributed by atoms with Crippen molar-refractivity contribution >= 4 is 11.8 Å². The van der Waals surface area contributed by atoms with E-state index in [-0.39, 0.29) is 24.9 Å². The van der Waals surface area contributed by atoms with Gasteiger partial charge in [0, 0.05) is 37.9 Å². The minimum atomic E-state index is -4.44. The first-order valence-electron chi connectivity index (χ1n) is 7.56. The van der Waals surface area contributed by atoms with Crippen molar-refractivity contribution in [2.75, 3.05) is 19.6 Å². The maximum atomic E-state index is 12.7. The number of nitrogens with zero attached hydrogens (tertiary/aromatic N) is 3. The third-order valence-corrected chi connectivity index (χ3v) is 4.56. The summed E-state index contributed by atoms with van der Waals surface area (Å²) in [5.74, 6) is -1.52. The van der Waals surface area contributed by atoms with E-state index in [1.807, 2.05) is 25.3 Å². The molecule has 1 fully saturated rings. The monoisotopic (exact) mass is 329 g/mol. The number of carbonyl (C=O) groups excluding carboxylic acids is 2. The van der Waals surface area contributed by atoms with Gasteiger partial charge in [0.1, 0.15) is 6.54 Å². The van der Waals surface area contributed by atoms with Gasteiger partial charge in [-0.3, -0.25) is 9.59 Å². The Bertz CT molecular complexity index is 626. The molecule has 0 radical (unpaired) electrons. The van der Waals surface area contributed by atoms with Gasteiger partial charge in [0.25, 0.3) is 0 Å². The molecule has 2 atom stereocenters. The fraction of sp³-hybridized carbons (Fsp3) is 0.600. The molecule has 1 saturated heterocycles. The van der Waals surface area contributed by atoms with E-state index >= 15 is 0 Å². The predicted molar refractivity (Wildman–Crippen MR) is 75.3 cm³/mol. The zero-order valence-corrected chi connectivity index (χ0v) is 12.7. The molecule has 0 spiro atoms. The van der Waals surface area contributed by atoms with E-state index in [1.165, 1.54) is 0 Å². The second kappa shape index (κ2) is 5.58. The molecule has 0 aromatic carbocycles. The molecule has 0 bridgehead atoms. The maximum absolute atomic E-state index is 12.7. The van der Waals surface area contributed by atoms with Crippen molar-refractivity contribution in [3.8, 4) is 0 Å². The Morgan fingerprint density at radius 1 is 1.35 bits per heavy atom. The number of aromatic nitrogens is 1. The number of likely N-dealkylation sites (tertiary alicyclic amines) is 1. The summed E-state index contributed by atoms with van der Waals surface area (Å²) in [6.07, 6.45) is -2.64. The molecule has 1 aromatic heterocycles. The Kier molecular flexibility index (Phi) is 3.85. The van der Waals surface area contributed by atoms with Crippen molar-refractivity contribution in [1.82, 2.24) is 14.4 Å². The summed E-state index contributed by atoms with van der Waals surface area (Å²) in [4.78, 5) is 26.8. The average molecular weight is 329 g/mol. The first-order valence-corrected chi connectivity index (χ1v) is 7.56. The molecule has 2 unspecified atom stereocenters. The van der Waals surface area contributed by atoms with Crippen LogP contribution in [0.15, 0.2) is 18.3 Å². The smallest absolute Gasteiger partial charge is 0.348 e. The minimum absolute atomic E-state index is 0.140. The van der Waals surface area contributed by atoms with Crippen LogP contribution in [-0.4, -0.2) is 52.0 Å². The molecule has 0 saturated carbocycles. The van der Waals surface area contributed by atoms with Gasteiger partial charge in [0.15, 0.2) is 0 Å². The normalized spacial score (nSPS) is 25.0. The number of amides is 2. The van der Waals surface area contributed by atoms with Crippen molar-refractivity contribution in [3.63, 3.8) is 0 Å². The van der Waals surface area contributed by atoms with Crippen molar-refractivity contribution in [2.24, 2.45) is 5.92 Å². The van der Waals surface area contributed by atoms with Gasteiger partial charge in [-0.2, -0.15) is 13.2 Å². The number of fused-ring (bicyclic) bond motifs is 1. The van der Waals surface area contributed by atoms with Crippen LogP contribution in [0.4, 0.5) is 13.2 Å². The lowest BCUT2D eigenvalue weighted by atomic mass is 10.0. The summed E-state index contributed by atoms with van der Waals surface area (Å²) in [5, 5.41) is 0. The first kappa shape index (κ1) is 15.9. The number of hydrogen-bond donors (Lipinski definition) is 0. The molecule has 5 nitrogen and oxygen atoms in total. The van der Waals surface area contributed by atoms with E-state index in [9.17, 15) is 22.8 Å². The van der Waals surface area contributed by atoms with Crippen LogP contribution < -0.4 is 0 Å². The van der Waals surface area contributed by atoms with Gasteiger partial charge in [-0.1, -0.05) is 0 Å². The van der Waals surface area contributed by atoms with Crippen LogP contribution in [0, 0.1) is 5.92 Å². The SMILES string of the molecule is CC1c2cccn2CCN1C(=O)C1CC(=O)N(CC(F)(F)F)C1. The molecular weight excluding hydrogens is 311 g/mol. The summed E-state index contributed by atoms with van der Waals surface area (Å²) >= 11 is 0. The molecule has 0 N–H and O–H groups in total. The van der Waals surface area contributed by atoms with Crippen molar-refractivity contribution in [1.29, 1.82) is 0 Å². The molecular formula is C15H18F3N3O2. The summed E-state index contributed by atoms with van der Waals surface area (Å²) < 4.78 is 39.5. The molecule has 8 heteroatoms. The Labute approximate surface area is 131 Å². The third kappa shape index (κ3) is 3.07. The maximum Gasteiger partial charge on any atom is 0.406 e. The Morgan fingerprint density at radius 3 is 2.78 bits per heavy atom. The van der Waals surface area contributed by atoms with E-state index in [0.717, 1.165) is 10.6 Å². The summed E-state index contributed by atoms with van der Waals surface area (Å²) in [7, 11) is 0. The fourth-order valence-corrected chi connectivity index (χ4v) is 3.42. The Morgan fingerprint density at radius 2 is 2.09 bits per heavy atom. The largest absolute Gasteiger partial charge is 0.406 e. The molecule has 2 amide bonds. The molecule has 1 aromatic rings. The predicted octanol–water partition coefficient (Wildman–Crippen LogP) is 1.80. The van der Waals surface area contributed by atoms with Crippen LogP contribution in [0.1, 0.15) is 25.1 Å². The lowest BCUT2D eigenvalue weighted by Crippen LogP contribution is -2.44. The topological polar surface area (TPSA) is 45.6 Å². The number of hydrogen-bond acceptors (Lipinski definition) is 2. The van der Waals surface area contributed by atoms with Crippen molar-refractivity contribution < 1.29 is 22.8 Å². The fourth-order valence-electron chi connectivity index (χ4n) is 3.42. The highest BCUT2D eigenvalue weighted by atomic mass is 19.4. The van der Waals surface area contributed by atoms with Crippen LogP contribution >= 0.6 is 0 Å². The zero-order chi connectivity index (χ0) is 16.8. The van der Waals surface area contributed by atoms with Crippen LogP contribution in [0.3, 0.4) is 0 Å². The van der Waals surface area contributed by atoms with Crippen LogP contribution in [-0.2, 0) is 16.1 Å². The van der Waals surface area contributed by atoms with Gasteiger partial charge in [-0.05, 0) is 19.1 Å². The van der Waals surface area contributed by atoms with Gasteiger partial charge < -0.3 is 14.4 Å². The van der Waals surface area contributed by atoms with Crippen molar-refractivity contribution in [2.45, 2.75) is 32.1 Å². The Hall–Kier alpha value is -1.99. The van der Waals surface area contributed by atoms with Crippen LogP contribution in [0.5, 0.6) is 0 Å². The highest BCUT2D eigenvalue weighted by Gasteiger charge is 2.42. The molecule has 3 rings (SSSR count). The highest BCUT2D eigenvalue weighted by Crippen LogP contribution is 2.30. The van der Waals surface area contributed by atoms with E-state index in [4.69, 9.17) is 0 Å². The molecule has 23 heavy (non-hydrogen) atoms.